The predicted octanol–water partition coefficient (Wildman–Crippen LogP) is 2.45. The van der Waals surface area contributed by atoms with Crippen molar-refractivity contribution in [3.63, 3.8) is 0 Å². The monoisotopic (exact) mass is 474 g/mol. The first-order valence-corrected chi connectivity index (χ1v) is 11.4. The van der Waals surface area contributed by atoms with Crippen LogP contribution in [0.3, 0.4) is 0 Å². The summed E-state index contributed by atoms with van der Waals surface area (Å²) in [5, 5.41) is 15.1. The highest BCUT2D eigenvalue weighted by atomic mass is 35.5. The van der Waals surface area contributed by atoms with E-state index < -0.39 is 28.8 Å². The normalized spacial score (nSPS) is 23.7. The minimum atomic E-state index is -0.942. The first-order chi connectivity index (χ1) is 15.8. The fourth-order valence-corrected chi connectivity index (χ4v) is 5.71. The van der Waals surface area contributed by atoms with Crippen molar-refractivity contribution in [2.75, 3.05) is 18.6 Å². The van der Waals surface area contributed by atoms with Crippen molar-refractivity contribution in [2.45, 2.75) is 38.4 Å². The second kappa shape index (κ2) is 8.06. The molecular formula is C23H24ClFN4O4. The van der Waals surface area contributed by atoms with Crippen LogP contribution in [0.25, 0.3) is 0 Å². The molecule has 1 aromatic heterocycles. The van der Waals surface area contributed by atoms with Crippen molar-refractivity contribution in [1.29, 1.82) is 0 Å². The first-order valence-electron chi connectivity index (χ1n) is 11.0. The van der Waals surface area contributed by atoms with Gasteiger partial charge in [0.2, 0.25) is 5.43 Å². The number of nitrogens with zero attached hydrogens (tertiary/aromatic N) is 3. The Kier molecular flexibility index (Phi) is 5.31. The van der Waals surface area contributed by atoms with Crippen LogP contribution in [-0.4, -0.2) is 46.3 Å². The summed E-state index contributed by atoms with van der Waals surface area (Å²) in [6.07, 6.45) is 5.32. The van der Waals surface area contributed by atoms with Gasteiger partial charge in [-0.25, -0.2) is 4.39 Å². The van der Waals surface area contributed by atoms with Crippen LogP contribution in [0.2, 0.25) is 5.02 Å². The van der Waals surface area contributed by atoms with Crippen molar-refractivity contribution in [3.05, 3.63) is 62.3 Å². The van der Waals surface area contributed by atoms with Gasteiger partial charge in [0.25, 0.3) is 11.8 Å². The molecule has 174 valence electrons. The Bertz CT molecular complexity index is 1220. The van der Waals surface area contributed by atoms with Gasteiger partial charge < -0.3 is 15.3 Å². The number of aromatic hydroxyl groups is 1. The number of nitrogens with one attached hydrogen (secondary N) is 1. The van der Waals surface area contributed by atoms with Crippen LogP contribution in [0.4, 0.5) is 4.39 Å². The molecule has 1 aromatic carbocycles. The molecule has 0 unspecified atom stereocenters. The summed E-state index contributed by atoms with van der Waals surface area (Å²) in [5.74, 6) is -1.92. The minimum Gasteiger partial charge on any atom is -0.502 e. The summed E-state index contributed by atoms with van der Waals surface area (Å²) >= 11 is 5.79. The zero-order valence-electron chi connectivity index (χ0n) is 18.1. The standard InChI is InChI=1S/C23H24ClFN4O4/c1-27-22-13-5-2-4-12(8-13)10-29(22)28-11-15(19(30)20(31)18(28)23(27)33)21(32)26-9-14-6-3-7-16(24)17(14)25/h3,6-7,11-13,22,31H,2,4-5,8-10H2,1H3,(H,26,32)/t12-,13+,22+/m1/s1. The van der Waals surface area contributed by atoms with Crippen molar-refractivity contribution >= 4 is 23.4 Å². The Morgan fingerprint density at radius 1 is 1.30 bits per heavy atom. The molecule has 2 fully saturated rings. The zero-order chi connectivity index (χ0) is 23.4. The third-order valence-electron chi connectivity index (χ3n) is 7.07. The summed E-state index contributed by atoms with van der Waals surface area (Å²) in [6.45, 7) is 0.466. The van der Waals surface area contributed by atoms with Crippen LogP contribution >= 0.6 is 11.6 Å². The molecule has 5 rings (SSSR count). The molecule has 1 saturated heterocycles. The summed E-state index contributed by atoms with van der Waals surface area (Å²) in [4.78, 5) is 40.4. The molecule has 33 heavy (non-hydrogen) atoms. The number of benzene rings is 1. The van der Waals surface area contributed by atoms with E-state index in [9.17, 15) is 23.9 Å². The molecule has 3 atom stereocenters. The molecule has 2 aromatic rings. The van der Waals surface area contributed by atoms with Crippen LogP contribution < -0.4 is 15.8 Å². The molecule has 1 aliphatic carbocycles. The lowest BCUT2D eigenvalue weighted by molar-refractivity contribution is 0.0305. The number of hydrogen-bond acceptors (Lipinski definition) is 5. The predicted molar refractivity (Wildman–Crippen MR) is 119 cm³/mol. The molecule has 3 aliphatic rings. The number of rotatable bonds is 3. The van der Waals surface area contributed by atoms with Crippen LogP contribution in [0.1, 0.15) is 52.1 Å². The van der Waals surface area contributed by atoms with Gasteiger partial charge >= 0.3 is 0 Å². The Balaban J connectivity index is 1.51. The van der Waals surface area contributed by atoms with Crippen LogP contribution in [0.15, 0.2) is 29.2 Å². The SMILES string of the molecule is CN1C(=O)c2c(O)c(=O)c(C(=O)NCc3cccc(Cl)c3F)cn2N2C[C@@H]3CCC[C@@H](C3)[C@@H]12. The molecule has 0 radical (unpaired) electrons. The highest BCUT2D eigenvalue weighted by Crippen LogP contribution is 2.41. The van der Waals surface area contributed by atoms with Crippen molar-refractivity contribution in [3.8, 4) is 5.75 Å². The van der Waals surface area contributed by atoms with Crippen LogP contribution in [0.5, 0.6) is 5.75 Å². The molecule has 1 saturated carbocycles. The van der Waals surface area contributed by atoms with E-state index in [1.54, 1.807) is 18.0 Å². The fraction of sp³-hybridized carbons (Fsp3) is 0.435. The third kappa shape index (κ3) is 3.45. The molecule has 3 heterocycles. The van der Waals surface area contributed by atoms with E-state index in [2.05, 4.69) is 5.32 Å². The minimum absolute atomic E-state index is 0.0717. The zero-order valence-corrected chi connectivity index (χ0v) is 18.8. The van der Waals surface area contributed by atoms with Gasteiger partial charge in [0, 0.05) is 31.9 Å². The molecular weight excluding hydrogens is 451 g/mol. The Hall–Kier alpha value is -3.07. The Labute approximate surface area is 194 Å². The molecule has 2 aliphatic heterocycles. The lowest BCUT2D eigenvalue weighted by Crippen LogP contribution is -2.67. The lowest BCUT2D eigenvalue weighted by Gasteiger charge is -2.54. The number of carbonyl (C=O) groups is 2. The van der Waals surface area contributed by atoms with Crippen molar-refractivity contribution in [1.82, 2.24) is 14.9 Å². The summed E-state index contributed by atoms with van der Waals surface area (Å²) in [5.41, 5.74) is -1.23. The van der Waals surface area contributed by atoms with Gasteiger partial charge in [-0.05, 0) is 37.2 Å². The number of amides is 2. The first kappa shape index (κ1) is 21.8. The van der Waals surface area contributed by atoms with Crippen molar-refractivity contribution in [2.24, 2.45) is 11.8 Å². The number of pyridine rings is 1. The summed E-state index contributed by atoms with van der Waals surface area (Å²) in [7, 11) is 1.68. The van der Waals surface area contributed by atoms with E-state index in [4.69, 9.17) is 11.6 Å². The van der Waals surface area contributed by atoms with Gasteiger partial charge in [-0.15, -0.1) is 0 Å². The second-order valence-electron chi connectivity index (χ2n) is 9.05. The lowest BCUT2D eigenvalue weighted by atomic mass is 9.76. The molecule has 2 bridgehead atoms. The third-order valence-corrected chi connectivity index (χ3v) is 7.36. The maximum atomic E-state index is 14.2. The number of hydrogen-bond donors (Lipinski definition) is 2. The number of halogens is 2. The van der Waals surface area contributed by atoms with Crippen LogP contribution in [0, 0.1) is 17.7 Å². The second-order valence-corrected chi connectivity index (χ2v) is 9.46. The molecule has 2 N–H and O–H groups in total. The van der Waals surface area contributed by atoms with E-state index in [-0.39, 0.29) is 40.5 Å². The maximum absolute atomic E-state index is 14.2. The highest BCUT2D eigenvalue weighted by molar-refractivity contribution is 6.30. The highest BCUT2D eigenvalue weighted by Gasteiger charge is 2.47. The van der Waals surface area contributed by atoms with Gasteiger partial charge in [-0.1, -0.05) is 30.2 Å². The fourth-order valence-electron chi connectivity index (χ4n) is 5.51. The quantitative estimate of drug-likeness (QED) is 0.712. The van der Waals surface area contributed by atoms with E-state index in [1.165, 1.54) is 23.0 Å². The van der Waals surface area contributed by atoms with Gasteiger partial charge in [-0.3, -0.25) is 24.1 Å². The van der Waals surface area contributed by atoms with Crippen molar-refractivity contribution < 1.29 is 19.1 Å². The van der Waals surface area contributed by atoms with Gasteiger partial charge in [0.15, 0.2) is 11.4 Å². The summed E-state index contributed by atoms with van der Waals surface area (Å²) < 4.78 is 15.6. The number of aromatic nitrogens is 1. The molecule has 0 spiro atoms. The molecule has 10 heteroatoms. The van der Waals surface area contributed by atoms with E-state index >= 15 is 0 Å². The summed E-state index contributed by atoms with van der Waals surface area (Å²) in [6, 6.07) is 4.43. The topological polar surface area (TPSA) is 94.9 Å². The van der Waals surface area contributed by atoms with Crippen LogP contribution in [-0.2, 0) is 6.54 Å². The molecule has 8 nitrogen and oxygen atoms in total. The average molecular weight is 475 g/mol. The Morgan fingerprint density at radius 2 is 2.09 bits per heavy atom. The molecule has 2 amide bonds. The van der Waals surface area contributed by atoms with E-state index in [1.807, 2.05) is 5.01 Å². The smallest absolute Gasteiger partial charge is 0.277 e. The van der Waals surface area contributed by atoms with E-state index in [0.717, 1.165) is 25.7 Å². The maximum Gasteiger partial charge on any atom is 0.277 e. The Morgan fingerprint density at radius 3 is 2.88 bits per heavy atom. The average Bonchev–Trinajstić information content (AvgIpc) is 2.80. The van der Waals surface area contributed by atoms with Gasteiger partial charge in [-0.2, -0.15) is 0 Å². The number of piperidine rings is 1. The number of fused-ring (bicyclic) bond motifs is 6. The van der Waals surface area contributed by atoms with Gasteiger partial charge in [0.05, 0.1) is 5.02 Å². The largest absolute Gasteiger partial charge is 0.502 e. The number of carbonyl (C=O) groups excluding carboxylic acids is 2. The van der Waals surface area contributed by atoms with E-state index in [0.29, 0.717) is 12.5 Å². The van der Waals surface area contributed by atoms with Gasteiger partial charge in [0.1, 0.15) is 17.5 Å².